The number of ether oxygens (including phenoxy) is 1. The average Bonchev–Trinajstić information content (AvgIpc) is 2.73. The number of phenolic OH excluding ortho intramolecular Hbond substituents is 1. The van der Waals surface area contributed by atoms with E-state index >= 15 is 0 Å². The number of carbonyl (C=O) groups excluding carboxylic acids is 2. The minimum atomic E-state index is -4.82. The molecule has 2 aromatic rings. The van der Waals surface area contributed by atoms with Gasteiger partial charge in [-0.3, -0.25) is 4.79 Å². The van der Waals surface area contributed by atoms with Gasteiger partial charge in [-0.25, -0.2) is 9.18 Å². The van der Waals surface area contributed by atoms with E-state index in [4.69, 9.17) is 14.7 Å². The SMILES string of the molecule is CC/C(N)=C(C(=O)OC)\C(=C(/C=O)S(=O)(=O)Oc1ccccc1)c1ccc(F)cc1O. The van der Waals surface area contributed by atoms with E-state index in [9.17, 15) is 27.5 Å². The van der Waals surface area contributed by atoms with Gasteiger partial charge < -0.3 is 19.8 Å². The maximum Gasteiger partial charge on any atom is 0.343 e. The van der Waals surface area contributed by atoms with Gasteiger partial charge in [-0.15, -0.1) is 0 Å². The second-order valence-electron chi connectivity index (χ2n) is 6.11. The summed E-state index contributed by atoms with van der Waals surface area (Å²) in [5.41, 5.74) is 4.43. The highest BCUT2D eigenvalue weighted by molar-refractivity contribution is 7.92. The molecule has 31 heavy (non-hydrogen) atoms. The molecule has 0 aliphatic heterocycles. The maximum atomic E-state index is 13.5. The topological polar surface area (TPSA) is 133 Å². The van der Waals surface area contributed by atoms with Gasteiger partial charge in [0.25, 0.3) is 0 Å². The van der Waals surface area contributed by atoms with Crippen LogP contribution in [-0.4, -0.2) is 32.9 Å². The predicted octanol–water partition coefficient (Wildman–Crippen LogP) is 2.65. The Kier molecular flexibility index (Phi) is 7.54. The highest BCUT2D eigenvalue weighted by atomic mass is 32.2. The van der Waals surface area contributed by atoms with E-state index in [1.165, 1.54) is 24.3 Å². The summed E-state index contributed by atoms with van der Waals surface area (Å²) in [5, 5.41) is 10.3. The van der Waals surface area contributed by atoms with Crippen LogP contribution in [-0.2, 0) is 24.4 Å². The number of nitrogens with two attached hydrogens (primary N) is 1. The molecule has 0 bridgehead atoms. The molecule has 164 valence electrons. The number of aromatic hydroxyl groups is 1. The van der Waals surface area contributed by atoms with Gasteiger partial charge in [0.1, 0.15) is 17.3 Å². The molecule has 0 unspecified atom stereocenters. The molecule has 0 aromatic heterocycles. The van der Waals surface area contributed by atoms with Crippen molar-refractivity contribution in [3.8, 4) is 11.5 Å². The molecule has 0 aliphatic carbocycles. The van der Waals surface area contributed by atoms with Crippen molar-refractivity contribution in [3.05, 3.63) is 76.1 Å². The van der Waals surface area contributed by atoms with Crippen molar-refractivity contribution in [2.45, 2.75) is 13.3 Å². The number of benzene rings is 2. The van der Waals surface area contributed by atoms with Crippen LogP contribution in [0.3, 0.4) is 0 Å². The Morgan fingerprint density at radius 1 is 1.19 bits per heavy atom. The van der Waals surface area contributed by atoms with Crippen molar-refractivity contribution in [1.82, 2.24) is 0 Å². The molecule has 0 saturated carbocycles. The number of esters is 1. The maximum absolute atomic E-state index is 13.5. The van der Waals surface area contributed by atoms with Crippen LogP contribution >= 0.6 is 0 Å². The van der Waals surface area contributed by atoms with E-state index in [0.717, 1.165) is 19.2 Å². The van der Waals surface area contributed by atoms with Crippen molar-refractivity contribution >= 4 is 27.9 Å². The Morgan fingerprint density at radius 3 is 2.35 bits per heavy atom. The van der Waals surface area contributed by atoms with Gasteiger partial charge in [0.2, 0.25) is 0 Å². The quantitative estimate of drug-likeness (QED) is 0.207. The Balaban J connectivity index is 2.93. The minimum Gasteiger partial charge on any atom is -0.507 e. The van der Waals surface area contributed by atoms with Crippen LogP contribution in [0.2, 0.25) is 0 Å². The zero-order valence-electron chi connectivity index (χ0n) is 16.7. The second-order valence-corrected chi connectivity index (χ2v) is 7.63. The highest BCUT2D eigenvalue weighted by Crippen LogP contribution is 2.37. The Labute approximate surface area is 178 Å². The molecule has 0 aliphatic rings. The lowest BCUT2D eigenvalue weighted by Gasteiger charge is -2.18. The van der Waals surface area contributed by atoms with Crippen LogP contribution in [0.1, 0.15) is 18.9 Å². The smallest absolute Gasteiger partial charge is 0.343 e. The molecule has 10 heteroatoms. The first kappa shape index (κ1) is 23.6. The molecule has 2 rings (SSSR count). The van der Waals surface area contributed by atoms with E-state index < -0.39 is 43.7 Å². The van der Waals surface area contributed by atoms with Gasteiger partial charge >= 0.3 is 16.1 Å². The van der Waals surface area contributed by atoms with E-state index in [-0.39, 0.29) is 29.7 Å². The van der Waals surface area contributed by atoms with Crippen LogP contribution in [0.25, 0.3) is 5.57 Å². The third-order valence-electron chi connectivity index (χ3n) is 4.14. The molecule has 8 nitrogen and oxygen atoms in total. The molecular formula is C21H20FNO7S. The molecular weight excluding hydrogens is 429 g/mol. The van der Waals surface area contributed by atoms with E-state index in [2.05, 4.69) is 0 Å². The summed E-state index contributed by atoms with van der Waals surface area (Å²) in [5.74, 6) is -2.72. The Hall–Kier alpha value is -3.66. The highest BCUT2D eigenvalue weighted by Gasteiger charge is 2.32. The molecule has 0 amide bonds. The summed E-state index contributed by atoms with van der Waals surface area (Å²) in [7, 11) is -3.79. The van der Waals surface area contributed by atoms with Gasteiger partial charge in [0, 0.05) is 22.9 Å². The van der Waals surface area contributed by atoms with Crippen molar-refractivity contribution < 1.29 is 36.4 Å². The molecule has 0 atom stereocenters. The van der Waals surface area contributed by atoms with E-state index in [0.29, 0.717) is 6.07 Å². The average molecular weight is 449 g/mol. The van der Waals surface area contributed by atoms with Crippen LogP contribution in [0.5, 0.6) is 11.5 Å². The van der Waals surface area contributed by atoms with Crippen LogP contribution < -0.4 is 9.92 Å². The first-order chi connectivity index (χ1) is 14.7. The number of phenols is 1. The zero-order chi connectivity index (χ0) is 23.2. The van der Waals surface area contributed by atoms with Crippen LogP contribution in [0.15, 0.2) is 64.7 Å². The number of halogens is 1. The first-order valence-corrected chi connectivity index (χ1v) is 10.3. The lowest BCUT2D eigenvalue weighted by atomic mass is 9.94. The lowest BCUT2D eigenvalue weighted by molar-refractivity contribution is -0.135. The fraction of sp³-hybridized carbons (Fsp3) is 0.143. The number of methoxy groups -OCH3 is 1. The number of rotatable bonds is 8. The number of aldehydes is 1. The van der Waals surface area contributed by atoms with Gasteiger partial charge in [0.05, 0.1) is 12.7 Å². The van der Waals surface area contributed by atoms with Gasteiger partial charge in [-0.05, 0) is 30.7 Å². The van der Waals surface area contributed by atoms with Gasteiger partial charge in [-0.2, -0.15) is 8.42 Å². The summed E-state index contributed by atoms with van der Waals surface area (Å²) in [6.07, 6.45) is 0.0178. The number of hydrogen-bond acceptors (Lipinski definition) is 8. The first-order valence-electron chi connectivity index (χ1n) is 8.91. The summed E-state index contributed by atoms with van der Waals surface area (Å²) in [4.78, 5) is 23.5. The fourth-order valence-electron chi connectivity index (χ4n) is 2.67. The standard InChI is InChI=1S/C21H20FNO7S/c1-3-16(23)20(21(26)29-2)19(15-10-9-13(22)11-17(15)25)18(12-24)31(27,28)30-14-7-5-4-6-8-14/h4-12,25H,3,23H2,1-2H3/b19-18+,20-16-. The second kappa shape index (κ2) is 9.90. The third-order valence-corrected chi connectivity index (χ3v) is 5.39. The molecule has 3 N–H and O–H groups in total. The van der Waals surface area contributed by atoms with Crippen molar-refractivity contribution in [2.75, 3.05) is 7.11 Å². The summed E-state index contributed by atoms with van der Waals surface area (Å²) < 4.78 is 49.2. The van der Waals surface area contributed by atoms with Crippen LogP contribution in [0.4, 0.5) is 4.39 Å². The molecule has 0 fully saturated rings. The van der Waals surface area contributed by atoms with Crippen molar-refractivity contribution in [3.63, 3.8) is 0 Å². The minimum absolute atomic E-state index is 0.0533. The molecule has 0 spiro atoms. The zero-order valence-corrected chi connectivity index (χ0v) is 17.5. The summed E-state index contributed by atoms with van der Waals surface area (Å²) >= 11 is 0. The number of carbonyl (C=O) groups is 2. The molecule has 0 radical (unpaired) electrons. The fourth-order valence-corrected chi connectivity index (χ4v) is 3.70. The van der Waals surface area contributed by atoms with Crippen molar-refractivity contribution in [2.24, 2.45) is 5.73 Å². The molecule has 2 aromatic carbocycles. The van der Waals surface area contributed by atoms with Gasteiger partial charge in [-0.1, -0.05) is 25.1 Å². The largest absolute Gasteiger partial charge is 0.507 e. The number of para-hydroxylation sites is 1. The number of allylic oxidation sites excluding steroid dienone is 2. The van der Waals surface area contributed by atoms with Crippen LogP contribution in [0, 0.1) is 5.82 Å². The van der Waals surface area contributed by atoms with E-state index in [1.54, 1.807) is 13.0 Å². The van der Waals surface area contributed by atoms with Crippen molar-refractivity contribution in [1.29, 1.82) is 0 Å². The Bertz CT molecular complexity index is 1160. The Morgan fingerprint density at radius 2 is 1.84 bits per heavy atom. The lowest BCUT2D eigenvalue weighted by Crippen LogP contribution is -2.20. The van der Waals surface area contributed by atoms with E-state index in [1.807, 2.05) is 0 Å². The normalized spacial score (nSPS) is 13.0. The summed E-state index contributed by atoms with van der Waals surface area (Å²) in [6.45, 7) is 1.58. The van der Waals surface area contributed by atoms with Gasteiger partial charge in [0.15, 0.2) is 11.2 Å². The number of hydrogen-bond donors (Lipinski definition) is 2. The molecule has 0 saturated heterocycles. The predicted molar refractivity (Wildman–Crippen MR) is 111 cm³/mol. The summed E-state index contributed by atoms with van der Waals surface area (Å²) in [6, 6.07) is 9.94. The molecule has 0 heterocycles. The third kappa shape index (κ3) is 5.28. The monoisotopic (exact) mass is 449 g/mol.